The molecular weight excluding hydrogens is 196 g/mol. The highest BCUT2D eigenvalue weighted by atomic mass is 16.6. The van der Waals surface area contributed by atoms with Crippen LogP contribution in [0.15, 0.2) is 0 Å². The van der Waals surface area contributed by atoms with Crippen molar-refractivity contribution in [3.8, 4) is 0 Å². The van der Waals surface area contributed by atoms with Crippen molar-refractivity contribution in [3.05, 3.63) is 0 Å². The Bertz CT molecular complexity index is 182. The molecule has 1 N–H and O–H groups in total. The second kappa shape index (κ2) is 7.48. The van der Waals surface area contributed by atoms with Crippen molar-refractivity contribution in [2.45, 2.75) is 13.3 Å². The monoisotopic (exact) mass is 216 g/mol. The van der Waals surface area contributed by atoms with Gasteiger partial charge >= 0.3 is 6.09 Å². The first kappa shape index (κ1) is 12.3. The second-order valence-corrected chi connectivity index (χ2v) is 3.46. The Morgan fingerprint density at radius 1 is 1.40 bits per heavy atom. The van der Waals surface area contributed by atoms with E-state index in [1.54, 1.807) is 4.90 Å². The molecule has 1 heterocycles. The summed E-state index contributed by atoms with van der Waals surface area (Å²) in [5, 5.41) is 3.17. The number of amides is 1. The van der Waals surface area contributed by atoms with Crippen LogP contribution in [0.2, 0.25) is 0 Å². The molecule has 0 bridgehead atoms. The summed E-state index contributed by atoms with van der Waals surface area (Å²) in [6.07, 6.45) is 0.869. The first-order valence-corrected chi connectivity index (χ1v) is 5.54. The third kappa shape index (κ3) is 4.99. The lowest BCUT2D eigenvalue weighted by molar-refractivity contribution is 0.0275. The predicted molar refractivity (Wildman–Crippen MR) is 56.9 cm³/mol. The van der Waals surface area contributed by atoms with Crippen molar-refractivity contribution in [1.82, 2.24) is 10.2 Å². The summed E-state index contributed by atoms with van der Waals surface area (Å²) in [6, 6.07) is 0. The quantitative estimate of drug-likeness (QED) is 0.678. The molecule has 5 heteroatoms. The maximum atomic E-state index is 11.5. The van der Waals surface area contributed by atoms with Crippen LogP contribution in [0.25, 0.3) is 0 Å². The number of ether oxygens (including phenoxy) is 2. The Kier molecular flexibility index (Phi) is 6.11. The first-order valence-electron chi connectivity index (χ1n) is 5.54. The van der Waals surface area contributed by atoms with Gasteiger partial charge in [0.2, 0.25) is 0 Å². The molecule has 5 nitrogen and oxygen atoms in total. The maximum Gasteiger partial charge on any atom is 0.409 e. The zero-order chi connectivity index (χ0) is 10.9. The Morgan fingerprint density at radius 2 is 2.13 bits per heavy atom. The van der Waals surface area contributed by atoms with Crippen molar-refractivity contribution >= 4 is 6.09 Å². The minimum absolute atomic E-state index is 0.225. The molecule has 0 unspecified atom stereocenters. The summed E-state index contributed by atoms with van der Waals surface area (Å²) in [7, 11) is 0. The highest BCUT2D eigenvalue weighted by molar-refractivity contribution is 5.67. The van der Waals surface area contributed by atoms with E-state index in [2.05, 4.69) is 12.2 Å². The highest BCUT2D eigenvalue weighted by Crippen LogP contribution is 1.99. The molecule has 0 aromatic carbocycles. The van der Waals surface area contributed by atoms with Crippen molar-refractivity contribution in [2.24, 2.45) is 0 Å². The lowest BCUT2D eigenvalue weighted by Gasteiger charge is -2.25. The molecule has 0 aromatic rings. The number of morpholine rings is 1. The third-order valence-electron chi connectivity index (χ3n) is 2.20. The van der Waals surface area contributed by atoms with Gasteiger partial charge in [-0.25, -0.2) is 4.79 Å². The molecule has 1 rings (SSSR count). The molecule has 0 atom stereocenters. The van der Waals surface area contributed by atoms with Crippen molar-refractivity contribution in [2.75, 3.05) is 46.0 Å². The topological polar surface area (TPSA) is 50.8 Å². The van der Waals surface area contributed by atoms with Crippen molar-refractivity contribution in [1.29, 1.82) is 0 Å². The van der Waals surface area contributed by atoms with E-state index < -0.39 is 0 Å². The van der Waals surface area contributed by atoms with Gasteiger partial charge in [0.15, 0.2) is 0 Å². The van der Waals surface area contributed by atoms with Crippen LogP contribution in [0, 0.1) is 0 Å². The molecule has 1 aliphatic heterocycles. The Hall–Kier alpha value is -0.810. The molecule has 15 heavy (non-hydrogen) atoms. The minimum Gasteiger partial charge on any atom is -0.448 e. The third-order valence-corrected chi connectivity index (χ3v) is 2.20. The normalized spacial score (nSPS) is 16.5. The number of hydrogen-bond donors (Lipinski definition) is 1. The number of rotatable bonds is 5. The van der Waals surface area contributed by atoms with Gasteiger partial charge in [-0.15, -0.1) is 0 Å². The molecule has 1 saturated heterocycles. The van der Waals surface area contributed by atoms with E-state index >= 15 is 0 Å². The highest BCUT2D eigenvalue weighted by Gasteiger charge is 2.17. The lowest BCUT2D eigenvalue weighted by Crippen LogP contribution is -2.41. The van der Waals surface area contributed by atoms with Crippen LogP contribution in [-0.2, 0) is 9.47 Å². The lowest BCUT2D eigenvalue weighted by atomic mass is 10.4. The zero-order valence-electron chi connectivity index (χ0n) is 9.33. The number of carbonyl (C=O) groups excluding carboxylic acids is 1. The molecule has 88 valence electrons. The fraction of sp³-hybridized carbons (Fsp3) is 0.900. The van der Waals surface area contributed by atoms with Crippen LogP contribution < -0.4 is 5.32 Å². The van der Waals surface area contributed by atoms with Gasteiger partial charge in [0.25, 0.3) is 0 Å². The average Bonchev–Trinajstić information content (AvgIpc) is 2.30. The van der Waals surface area contributed by atoms with Crippen LogP contribution in [0.3, 0.4) is 0 Å². The van der Waals surface area contributed by atoms with Crippen LogP contribution in [0.1, 0.15) is 13.3 Å². The van der Waals surface area contributed by atoms with Crippen LogP contribution in [0.5, 0.6) is 0 Å². The van der Waals surface area contributed by atoms with Crippen LogP contribution in [-0.4, -0.2) is 57.0 Å². The summed E-state index contributed by atoms with van der Waals surface area (Å²) < 4.78 is 10.2. The van der Waals surface area contributed by atoms with E-state index in [4.69, 9.17) is 9.47 Å². The number of nitrogens with zero attached hydrogens (tertiary/aromatic N) is 1. The maximum absolute atomic E-state index is 11.5. The number of nitrogens with one attached hydrogen (secondary N) is 1. The van der Waals surface area contributed by atoms with Crippen molar-refractivity contribution < 1.29 is 14.3 Å². The van der Waals surface area contributed by atoms with E-state index in [1.165, 1.54) is 0 Å². The summed E-state index contributed by atoms with van der Waals surface area (Å²) >= 11 is 0. The van der Waals surface area contributed by atoms with Crippen LogP contribution in [0.4, 0.5) is 4.79 Å². The molecule has 0 radical (unpaired) electrons. The largest absolute Gasteiger partial charge is 0.448 e. The molecule has 0 saturated carbocycles. The predicted octanol–water partition coefficient (Wildman–Crippen LogP) is 0.455. The smallest absolute Gasteiger partial charge is 0.409 e. The Morgan fingerprint density at radius 3 is 2.80 bits per heavy atom. The Labute approximate surface area is 90.7 Å². The minimum atomic E-state index is -0.225. The molecule has 1 fully saturated rings. The zero-order valence-corrected chi connectivity index (χ0v) is 9.33. The van der Waals surface area contributed by atoms with E-state index in [-0.39, 0.29) is 6.09 Å². The second-order valence-electron chi connectivity index (χ2n) is 3.46. The summed E-state index contributed by atoms with van der Waals surface area (Å²) in [6.45, 7) is 6.75. The molecule has 1 aliphatic rings. The number of hydrogen-bond acceptors (Lipinski definition) is 4. The van der Waals surface area contributed by atoms with E-state index in [9.17, 15) is 4.79 Å². The fourth-order valence-corrected chi connectivity index (χ4v) is 1.35. The summed E-state index contributed by atoms with van der Waals surface area (Å²) in [5.74, 6) is 0. The van der Waals surface area contributed by atoms with E-state index in [0.717, 1.165) is 19.5 Å². The van der Waals surface area contributed by atoms with Gasteiger partial charge in [-0.3, -0.25) is 0 Å². The SMILES string of the molecule is CCCNCCOC(=O)N1CCOCC1. The van der Waals surface area contributed by atoms with Gasteiger partial charge in [0, 0.05) is 19.6 Å². The molecule has 0 spiro atoms. The van der Waals surface area contributed by atoms with Crippen LogP contribution >= 0.6 is 0 Å². The van der Waals surface area contributed by atoms with Gasteiger partial charge in [-0.2, -0.15) is 0 Å². The molecule has 0 aliphatic carbocycles. The Balaban J connectivity index is 2.02. The van der Waals surface area contributed by atoms with Gasteiger partial charge in [-0.1, -0.05) is 6.92 Å². The average molecular weight is 216 g/mol. The van der Waals surface area contributed by atoms with Crippen molar-refractivity contribution in [3.63, 3.8) is 0 Å². The van der Waals surface area contributed by atoms with Gasteiger partial charge in [-0.05, 0) is 13.0 Å². The molecule has 0 aromatic heterocycles. The first-order chi connectivity index (χ1) is 7.34. The van der Waals surface area contributed by atoms with Gasteiger partial charge < -0.3 is 19.7 Å². The standard InChI is InChI=1S/C10H20N2O3/c1-2-3-11-4-7-15-10(13)12-5-8-14-9-6-12/h11H,2-9H2,1H3. The number of carbonyl (C=O) groups is 1. The van der Waals surface area contributed by atoms with Gasteiger partial charge in [0.1, 0.15) is 6.61 Å². The fourth-order valence-electron chi connectivity index (χ4n) is 1.35. The molecular formula is C10H20N2O3. The molecule has 1 amide bonds. The van der Waals surface area contributed by atoms with E-state index in [1.807, 2.05) is 0 Å². The van der Waals surface area contributed by atoms with E-state index in [0.29, 0.717) is 32.9 Å². The summed E-state index contributed by atoms with van der Waals surface area (Å²) in [5.41, 5.74) is 0. The summed E-state index contributed by atoms with van der Waals surface area (Å²) in [4.78, 5) is 13.1. The van der Waals surface area contributed by atoms with Gasteiger partial charge in [0.05, 0.1) is 13.2 Å².